The number of primary sulfonamides is 1. The molecule has 8 nitrogen and oxygen atoms in total. The molecule has 2 aromatic rings. The number of amides is 1. The van der Waals surface area contributed by atoms with Gasteiger partial charge in [-0.1, -0.05) is 11.6 Å². The molecule has 1 aliphatic heterocycles. The van der Waals surface area contributed by atoms with Crippen molar-refractivity contribution < 1.29 is 35.9 Å². The van der Waals surface area contributed by atoms with Crippen molar-refractivity contribution in [3.05, 3.63) is 52.7 Å². The van der Waals surface area contributed by atoms with Gasteiger partial charge in [-0.15, -0.1) is 0 Å². The second-order valence-electron chi connectivity index (χ2n) is 6.63. The first-order valence-corrected chi connectivity index (χ1v) is 10.8. The second kappa shape index (κ2) is 8.99. The van der Waals surface area contributed by atoms with Crippen molar-refractivity contribution in [2.45, 2.75) is 17.2 Å². The summed E-state index contributed by atoms with van der Waals surface area (Å²) in [6.45, 7) is 0.509. The van der Waals surface area contributed by atoms with Crippen LogP contribution in [0.2, 0.25) is 5.02 Å². The van der Waals surface area contributed by atoms with Gasteiger partial charge in [-0.05, 0) is 24.3 Å². The van der Waals surface area contributed by atoms with Crippen LogP contribution in [0.3, 0.4) is 0 Å². The van der Waals surface area contributed by atoms with Gasteiger partial charge in [0.25, 0.3) is 5.91 Å². The van der Waals surface area contributed by atoms with Crippen molar-refractivity contribution >= 4 is 27.5 Å². The number of alkyl halides is 3. The molecule has 1 amide bonds. The third kappa shape index (κ3) is 5.85. The first-order valence-electron chi connectivity index (χ1n) is 8.84. The lowest BCUT2D eigenvalue weighted by Gasteiger charge is -2.32. The molecule has 0 aliphatic carbocycles. The van der Waals surface area contributed by atoms with Gasteiger partial charge in [0.05, 0.1) is 23.7 Å². The smallest absolute Gasteiger partial charge is 0.417 e. The molecule has 3 rings (SSSR count). The average Bonchev–Trinajstić information content (AvgIpc) is 2.71. The van der Waals surface area contributed by atoms with E-state index < -0.39 is 33.8 Å². The molecule has 1 aromatic heterocycles. The maximum absolute atomic E-state index is 12.8. The predicted molar refractivity (Wildman–Crippen MR) is 103 cm³/mol. The summed E-state index contributed by atoms with van der Waals surface area (Å²) in [7, 11) is -4.11. The molecule has 0 saturated carbocycles. The number of carbonyl (C=O) groups is 1. The zero-order valence-corrected chi connectivity index (χ0v) is 17.4. The number of halogens is 4. The number of rotatable bonds is 5. The molecule has 31 heavy (non-hydrogen) atoms. The lowest BCUT2D eigenvalue weighted by molar-refractivity contribution is -0.137. The van der Waals surface area contributed by atoms with Crippen LogP contribution in [-0.2, 0) is 20.9 Å². The zero-order valence-electron chi connectivity index (χ0n) is 15.8. The van der Waals surface area contributed by atoms with Crippen molar-refractivity contribution in [2.24, 2.45) is 5.14 Å². The number of nitrogens with two attached hydrogens (primary N) is 1. The Labute approximate surface area is 180 Å². The van der Waals surface area contributed by atoms with Crippen LogP contribution >= 0.6 is 11.6 Å². The molecule has 1 fully saturated rings. The number of nitrogens with zero attached hydrogens (tertiary/aromatic N) is 2. The van der Waals surface area contributed by atoms with Crippen LogP contribution in [0.5, 0.6) is 5.88 Å². The number of hydrogen-bond donors (Lipinski definition) is 1. The predicted octanol–water partition coefficient (Wildman–Crippen LogP) is 2.32. The van der Waals surface area contributed by atoms with E-state index >= 15 is 0 Å². The minimum Gasteiger partial charge on any atom is -0.475 e. The van der Waals surface area contributed by atoms with Crippen molar-refractivity contribution in [3.8, 4) is 5.88 Å². The maximum Gasteiger partial charge on any atom is 0.417 e. The summed E-state index contributed by atoms with van der Waals surface area (Å²) >= 11 is 5.84. The maximum atomic E-state index is 12.8. The number of sulfonamides is 1. The van der Waals surface area contributed by atoms with E-state index in [0.717, 1.165) is 18.2 Å². The summed E-state index contributed by atoms with van der Waals surface area (Å²) in [6, 6.07) is 5.70. The van der Waals surface area contributed by atoms with Gasteiger partial charge in [-0.25, -0.2) is 18.5 Å². The largest absolute Gasteiger partial charge is 0.475 e. The fourth-order valence-corrected chi connectivity index (χ4v) is 3.92. The second-order valence-corrected chi connectivity index (χ2v) is 8.57. The van der Waals surface area contributed by atoms with Crippen LogP contribution in [0, 0.1) is 0 Å². The lowest BCUT2D eigenvalue weighted by Crippen LogP contribution is -2.47. The van der Waals surface area contributed by atoms with Gasteiger partial charge < -0.3 is 14.4 Å². The molecule has 2 N–H and O–H groups in total. The molecule has 0 radical (unpaired) electrons. The van der Waals surface area contributed by atoms with Gasteiger partial charge in [0, 0.05) is 24.4 Å². The van der Waals surface area contributed by atoms with E-state index in [4.69, 9.17) is 26.2 Å². The van der Waals surface area contributed by atoms with Gasteiger partial charge in [0.1, 0.15) is 17.6 Å². The van der Waals surface area contributed by atoms with Crippen LogP contribution in [0.25, 0.3) is 0 Å². The Morgan fingerprint density at radius 3 is 2.68 bits per heavy atom. The summed E-state index contributed by atoms with van der Waals surface area (Å²) in [5, 5.41) is 5.01. The van der Waals surface area contributed by atoms with Crippen molar-refractivity contribution in [3.63, 3.8) is 0 Å². The van der Waals surface area contributed by atoms with Gasteiger partial charge in [0.15, 0.2) is 0 Å². The van der Waals surface area contributed by atoms with Crippen LogP contribution in [0.1, 0.15) is 15.9 Å². The molecular weight excluding hydrogens is 463 g/mol. The summed E-state index contributed by atoms with van der Waals surface area (Å²) in [5.74, 6) is -0.474. The Balaban J connectivity index is 1.63. The Hall–Kier alpha value is -2.41. The molecule has 2 heterocycles. The molecule has 1 atom stereocenters. The highest BCUT2D eigenvalue weighted by Crippen LogP contribution is 2.29. The minimum atomic E-state index is -4.50. The molecule has 1 saturated heterocycles. The van der Waals surface area contributed by atoms with Crippen LogP contribution < -0.4 is 9.88 Å². The summed E-state index contributed by atoms with van der Waals surface area (Å²) in [5.41, 5.74) is -0.813. The fraction of sp³-hybridized carbons (Fsp3) is 0.333. The van der Waals surface area contributed by atoms with Gasteiger partial charge in [-0.3, -0.25) is 4.79 Å². The van der Waals surface area contributed by atoms with E-state index in [9.17, 15) is 26.4 Å². The Kier molecular flexibility index (Phi) is 6.74. The molecular formula is C18H17ClF3N3O5S. The molecule has 168 valence electrons. The number of pyridine rings is 1. The number of ether oxygens (including phenoxy) is 2. The van der Waals surface area contributed by atoms with E-state index in [1.165, 1.54) is 17.0 Å². The highest BCUT2D eigenvalue weighted by Gasteiger charge is 2.31. The quantitative estimate of drug-likeness (QED) is 0.704. The van der Waals surface area contributed by atoms with Crippen molar-refractivity contribution in [1.29, 1.82) is 0 Å². The topological polar surface area (TPSA) is 112 Å². The van der Waals surface area contributed by atoms with E-state index in [-0.39, 0.29) is 47.7 Å². The first kappa shape index (κ1) is 23.3. The van der Waals surface area contributed by atoms with E-state index in [1.807, 2.05) is 0 Å². The van der Waals surface area contributed by atoms with E-state index in [1.54, 1.807) is 0 Å². The van der Waals surface area contributed by atoms with Crippen molar-refractivity contribution in [2.75, 3.05) is 26.3 Å². The third-order valence-electron chi connectivity index (χ3n) is 4.39. The minimum absolute atomic E-state index is 0.0180. The van der Waals surface area contributed by atoms with E-state index in [2.05, 4.69) is 4.98 Å². The normalized spacial score (nSPS) is 17.5. The Morgan fingerprint density at radius 1 is 1.32 bits per heavy atom. The molecule has 1 aliphatic rings. The van der Waals surface area contributed by atoms with Gasteiger partial charge in [0.2, 0.25) is 15.9 Å². The Bertz CT molecular complexity index is 1060. The Morgan fingerprint density at radius 2 is 2.06 bits per heavy atom. The van der Waals surface area contributed by atoms with Gasteiger partial charge in [-0.2, -0.15) is 13.2 Å². The average molecular weight is 480 g/mol. The molecule has 1 aromatic carbocycles. The number of carbonyl (C=O) groups excluding carboxylic acids is 1. The third-order valence-corrected chi connectivity index (χ3v) is 5.78. The van der Waals surface area contributed by atoms with E-state index in [0.29, 0.717) is 6.20 Å². The standard InChI is InChI=1S/C18H17ClF3N3O5S/c19-14-3-1-11(7-15(14)31(23,27)28)17(26)25-5-6-29-13(9-25)10-30-16-4-2-12(8-24-16)18(20,21)22/h1-4,7-8,13H,5-6,9-10H2,(H2,23,27,28). The van der Waals surface area contributed by atoms with Crippen LogP contribution in [0.4, 0.5) is 13.2 Å². The molecule has 13 heteroatoms. The number of hydrogen-bond acceptors (Lipinski definition) is 6. The fourth-order valence-electron chi connectivity index (χ4n) is 2.85. The number of morpholine rings is 1. The summed E-state index contributed by atoms with van der Waals surface area (Å²) < 4.78 is 71.9. The monoisotopic (exact) mass is 479 g/mol. The first-order chi connectivity index (χ1) is 14.4. The van der Waals surface area contributed by atoms with Crippen LogP contribution in [-0.4, -0.2) is 56.6 Å². The lowest BCUT2D eigenvalue weighted by atomic mass is 10.1. The molecule has 1 unspecified atom stereocenters. The zero-order chi connectivity index (χ0) is 22.8. The molecule has 0 spiro atoms. The summed E-state index contributed by atoms with van der Waals surface area (Å²) in [6.07, 6.45) is -4.40. The SMILES string of the molecule is NS(=O)(=O)c1cc(C(=O)N2CCOC(COc3ccc(C(F)(F)F)cn3)C2)ccc1Cl. The highest BCUT2D eigenvalue weighted by atomic mass is 35.5. The van der Waals surface area contributed by atoms with Gasteiger partial charge >= 0.3 is 6.18 Å². The van der Waals surface area contributed by atoms with Crippen molar-refractivity contribution in [1.82, 2.24) is 9.88 Å². The highest BCUT2D eigenvalue weighted by molar-refractivity contribution is 7.89. The van der Waals surface area contributed by atoms with Crippen LogP contribution in [0.15, 0.2) is 41.4 Å². The summed E-state index contributed by atoms with van der Waals surface area (Å²) in [4.78, 5) is 17.5. The molecule has 0 bridgehead atoms. The number of aromatic nitrogens is 1. The number of benzene rings is 1.